The Morgan fingerprint density at radius 1 is 1.03 bits per heavy atom. The van der Waals surface area contributed by atoms with Crippen LogP contribution >= 0.6 is 0 Å². The van der Waals surface area contributed by atoms with Crippen molar-refractivity contribution in [2.45, 2.75) is 19.0 Å². The van der Waals surface area contributed by atoms with E-state index < -0.39 is 0 Å². The number of aromatic nitrogens is 2. The van der Waals surface area contributed by atoms with Crippen LogP contribution in [0.5, 0.6) is 0 Å². The predicted octanol–water partition coefficient (Wildman–Crippen LogP) is 3.31. The number of nitrogens with zero attached hydrogens (tertiary/aromatic N) is 3. The molecule has 31 heavy (non-hydrogen) atoms. The molecule has 2 N–H and O–H groups in total. The second-order valence-corrected chi connectivity index (χ2v) is 7.78. The first-order valence-corrected chi connectivity index (χ1v) is 10.7. The zero-order valence-corrected chi connectivity index (χ0v) is 17.8. The summed E-state index contributed by atoms with van der Waals surface area (Å²) in [5, 5.41) is 6.25. The quantitative estimate of drug-likeness (QED) is 0.616. The van der Waals surface area contributed by atoms with Crippen LogP contribution < -0.4 is 10.6 Å². The van der Waals surface area contributed by atoms with Gasteiger partial charge in [0, 0.05) is 37.7 Å². The van der Waals surface area contributed by atoms with Gasteiger partial charge in [-0.25, -0.2) is 9.78 Å². The minimum absolute atomic E-state index is 0.0879. The van der Waals surface area contributed by atoms with Crippen LogP contribution in [0.3, 0.4) is 0 Å². The fourth-order valence-corrected chi connectivity index (χ4v) is 3.79. The van der Waals surface area contributed by atoms with Gasteiger partial charge in [0.05, 0.1) is 31.6 Å². The number of carbonyl (C=O) groups excluding carboxylic acids is 1. The van der Waals surface area contributed by atoms with Gasteiger partial charge in [-0.15, -0.1) is 0 Å². The Balaban J connectivity index is 1.38. The van der Waals surface area contributed by atoms with Gasteiger partial charge in [-0.1, -0.05) is 42.5 Å². The van der Waals surface area contributed by atoms with E-state index in [0.29, 0.717) is 0 Å². The maximum absolute atomic E-state index is 12.8. The maximum atomic E-state index is 12.8. The molecule has 7 heteroatoms. The summed E-state index contributed by atoms with van der Waals surface area (Å²) in [6.45, 7) is 5.98. The molecule has 0 spiro atoms. The number of morpholine rings is 1. The van der Waals surface area contributed by atoms with Gasteiger partial charge in [0.2, 0.25) is 0 Å². The smallest absolute Gasteiger partial charge is 0.315 e. The molecule has 2 aromatic carbocycles. The highest BCUT2D eigenvalue weighted by Gasteiger charge is 2.21. The zero-order valence-electron chi connectivity index (χ0n) is 17.8. The molecular formula is C24H29N5O2. The van der Waals surface area contributed by atoms with Crippen LogP contribution in [0.15, 0.2) is 73.3 Å². The molecule has 7 nitrogen and oxygen atoms in total. The van der Waals surface area contributed by atoms with Crippen molar-refractivity contribution >= 4 is 6.03 Å². The first-order valence-electron chi connectivity index (χ1n) is 10.7. The van der Waals surface area contributed by atoms with Crippen LogP contribution in [-0.4, -0.2) is 53.3 Å². The van der Waals surface area contributed by atoms with E-state index in [-0.39, 0.29) is 18.1 Å². The molecule has 2 heterocycles. The van der Waals surface area contributed by atoms with Crippen LogP contribution in [0.25, 0.3) is 5.69 Å². The van der Waals surface area contributed by atoms with Crippen molar-refractivity contribution in [2.24, 2.45) is 0 Å². The van der Waals surface area contributed by atoms with E-state index in [0.717, 1.165) is 49.7 Å². The summed E-state index contributed by atoms with van der Waals surface area (Å²) < 4.78 is 7.40. The fourth-order valence-electron chi connectivity index (χ4n) is 3.79. The van der Waals surface area contributed by atoms with Crippen molar-refractivity contribution in [1.82, 2.24) is 25.1 Å². The van der Waals surface area contributed by atoms with Crippen LogP contribution in [0.4, 0.5) is 4.79 Å². The molecule has 0 saturated carbocycles. The minimum Gasteiger partial charge on any atom is -0.379 e. The number of nitrogens with one attached hydrogen (secondary N) is 2. The molecule has 3 aromatic rings. The molecule has 0 aliphatic carbocycles. The average Bonchev–Trinajstić information content (AvgIpc) is 3.35. The van der Waals surface area contributed by atoms with E-state index >= 15 is 0 Å². The van der Waals surface area contributed by atoms with Gasteiger partial charge in [0.1, 0.15) is 0 Å². The Labute approximate surface area is 183 Å². The molecule has 1 saturated heterocycles. The Hall–Kier alpha value is -3.16. The number of benzene rings is 2. The number of hydrogen-bond donors (Lipinski definition) is 2. The lowest BCUT2D eigenvalue weighted by atomic mass is 10.1. The van der Waals surface area contributed by atoms with Gasteiger partial charge < -0.3 is 19.9 Å². The van der Waals surface area contributed by atoms with Gasteiger partial charge in [-0.3, -0.25) is 4.90 Å². The zero-order chi connectivity index (χ0) is 21.5. The van der Waals surface area contributed by atoms with Crippen molar-refractivity contribution in [3.05, 3.63) is 84.4 Å². The normalized spacial score (nSPS) is 16.4. The molecule has 2 atom stereocenters. The summed E-state index contributed by atoms with van der Waals surface area (Å²) in [5.74, 6) is 0. The monoisotopic (exact) mass is 419 g/mol. The summed E-state index contributed by atoms with van der Waals surface area (Å²) in [6, 6.07) is 17.9. The molecule has 0 unspecified atom stereocenters. The Bertz CT molecular complexity index is 938. The van der Waals surface area contributed by atoms with Crippen LogP contribution in [-0.2, 0) is 4.74 Å². The van der Waals surface area contributed by atoms with Crippen LogP contribution in [0.2, 0.25) is 0 Å². The molecule has 0 bridgehead atoms. The van der Waals surface area contributed by atoms with Crippen LogP contribution in [0, 0.1) is 0 Å². The van der Waals surface area contributed by atoms with E-state index in [1.807, 2.05) is 60.2 Å². The van der Waals surface area contributed by atoms with Crippen molar-refractivity contribution in [1.29, 1.82) is 0 Å². The Morgan fingerprint density at radius 2 is 1.77 bits per heavy atom. The van der Waals surface area contributed by atoms with Gasteiger partial charge in [-0.2, -0.15) is 0 Å². The van der Waals surface area contributed by atoms with E-state index in [1.165, 1.54) is 0 Å². The molecule has 162 valence electrons. The highest BCUT2D eigenvalue weighted by molar-refractivity contribution is 5.75. The van der Waals surface area contributed by atoms with Gasteiger partial charge in [0.15, 0.2) is 0 Å². The molecule has 1 aliphatic rings. The summed E-state index contributed by atoms with van der Waals surface area (Å²) in [6.07, 6.45) is 5.42. The number of urea groups is 1. The number of hydrogen-bond acceptors (Lipinski definition) is 4. The lowest BCUT2D eigenvalue weighted by Crippen LogP contribution is -2.46. The molecule has 4 rings (SSSR count). The summed E-state index contributed by atoms with van der Waals surface area (Å²) in [4.78, 5) is 19.2. The Kier molecular flexibility index (Phi) is 6.96. The minimum atomic E-state index is -0.173. The second-order valence-electron chi connectivity index (χ2n) is 7.78. The number of imidazole rings is 1. The molecule has 2 amide bonds. The molecule has 1 aromatic heterocycles. The van der Waals surface area contributed by atoms with Gasteiger partial charge >= 0.3 is 6.03 Å². The SMILES string of the molecule is C[C@H](NC(=O)N[C@H](CN1CCOCC1)c1ccccc1)c1ccc(-n2ccnc2)cc1. The van der Waals surface area contributed by atoms with E-state index in [9.17, 15) is 4.79 Å². The fraction of sp³-hybridized carbons (Fsp3) is 0.333. The standard InChI is InChI=1S/C24H29N5O2/c1-19(20-7-9-22(10-8-20)29-12-11-25-18-29)26-24(30)27-23(21-5-3-2-4-6-21)17-28-13-15-31-16-14-28/h2-12,18-19,23H,13-17H2,1H3,(H2,26,27,30)/t19-,23+/m0/s1. The first kappa shape index (κ1) is 21.1. The lowest BCUT2D eigenvalue weighted by Gasteiger charge is -2.31. The van der Waals surface area contributed by atoms with Crippen LogP contribution in [0.1, 0.15) is 30.1 Å². The van der Waals surface area contributed by atoms with Gasteiger partial charge in [-0.05, 0) is 30.2 Å². The summed E-state index contributed by atoms with van der Waals surface area (Å²) in [5.41, 5.74) is 3.18. The maximum Gasteiger partial charge on any atom is 0.315 e. The second kappa shape index (κ2) is 10.2. The average molecular weight is 420 g/mol. The van der Waals surface area contributed by atoms with E-state index in [2.05, 4.69) is 32.7 Å². The molecule has 1 fully saturated rings. The number of carbonyl (C=O) groups is 1. The molecule has 0 radical (unpaired) electrons. The van der Waals surface area contributed by atoms with Crippen molar-refractivity contribution in [2.75, 3.05) is 32.8 Å². The number of ether oxygens (including phenoxy) is 1. The third-order valence-corrected chi connectivity index (χ3v) is 5.59. The number of amides is 2. The first-order chi connectivity index (χ1) is 15.2. The van der Waals surface area contributed by atoms with Gasteiger partial charge in [0.25, 0.3) is 0 Å². The highest BCUT2D eigenvalue weighted by atomic mass is 16.5. The third kappa shape index (κ3) is 5.71. The topological polar surface area (TPSA) is 71.4 Å². The van der Waals surface area contributed by atoms with Crippen molar-refractivity contribution < 1.29 is 9.53 Å². The van der Waals surface area contributed by atoms with E-state index in [1.54, 1.807) is 12.5 Å². The van der Waals surface area contributed by atoms with Crippen molar-refractivity contribution in [3.8, 4) is 5.69 Å². The highest BCUT2D eigenvalue weighted by Crippen LogP contribution is 2.18. The summed E-state index contributed by atoms with van der Waals surface area (Å²) >= 11 is 0. The molecule has 1 aliphatic heterocycles. The summed E-state index contributed by atoms with van der Waals surface area (Å²) in [7, 11) is 0. The number of rotatable bonds is 7. The largest absolute Gasteiger partial charge is 0.379 e. The van der Waals surface area contributed by atoms with E-state index in [4.69, 9.17) is 4.74 Å². The predicted molar refractivity (Wildman–Crippen MR) is 120 cm³/mol. The molecular weight excluding hydrogens is 390 g/mol. The Morgan fingerprint density at radius 3 is 2.45 bits per heavy atom. The third-order valence-electron chi connectivity index (χ3n) is 5.59. The van der Waals surface area contributed by atoms with Crippen molar-refractivity contribution in [3.63, 3.8) is 0 Å². The lowest BCUT2D eigenvalue weighted by molar-refractivity contribution is 0.0339.